The molecule has 4 heteroatoms. The Morgan fingerprint density at radius 3 is 2.65 bits per heavy atom. The molecule has 0 bridgehead atoms. The smallest absolute Gasteiger partial charge is 0.307 e. The highest BCUT2D eigenvalue weighted by Crippen LogP contribution is 2.22. The number of nitrogens with zero attached hydrogens (tertiary/aromatic N) is 1. The zero-order chi connectivity index (χ0) is 14.5. The maximum atomic E-state index is 11.1. The van der Waals surface area contributed by atoms with E-state index in [4.69, 9.17) is 4.74 Å². The van der Waals surface area contributed by atoms with Gasteiger partial charge in [-0.15, -0.1) is 0 Å². The first kappa shape index (κ1) is 14.9. The van der Waals surface area contributed by atoms with Crippen molar-refractivity contribution < 1.29 is 14.6 Å². The van der Waals surface area contributed by atoms with Gasteiger partial charge >= 0.3 is 5.97 Å². The molecule has 1 N–H and O–H groups in total. The van der Waals surface area contributed by atoms with Crippen LogP contribution in [-0.4, -0.2) is 42.7 Å². The fourth-order valence-electron chi connectivity index (χ4n) is 2.90. The molecule has 1 fully saturated rings. The summed E-state index contributed by atoms with van der Waals surface area (Å²) in [6.07, 6.45) is 1.75. The minimum Gasteiger partial charge on any atom is -0.497 e. The van der Waals surface area contributed by atoms with Crippen LogP contribution in [0.25, 0.3) is 0 Å². The van der Waals surface area contributed by atoms with Gasteiger partial charge < -0.3 is 14.7 Å². The van der Waals surface area contributed by atoms with Crippen LogP contribution in [0.4, 0.5) is 0 Å². The van der Waals surface area contributed by atoms with E-state index >= 15 is 0 Å². The first-order valence-corrected chi connectivity index (χ1v) is 7.16. The SMILES string of the molecule is COc1ccc(CCN2CC(C)CC(C(=O)O)C2)cc1. The van der Waals surface area contributed by atoms with Gasteiger partial charge in [0.1, 0.15) is 5.75 Å². The van der Waals surface area contributed by atoms with Crippen molar-refractivity contribution in [2.45, 2.75) is 19.8 Å². The summed E-state index contributed by atoms with van der Waals surface area (Å²) in [6.45, 7) is 4.73. The predicted molar refractivity (Wildman–Crippen MR) is 78.0 cm³/mol. The zero-order valence-electron chi connectivity index (χ0n) is 12.2. The van der Waals surface area contributed by atoms with E-state index in [-0.39, 0.29) is 5.92 Å². The van der Waals surface area contributed by atoms with E-state index in [1.54, 1.807) is 7.11 Å². The van der Waals surface area contributed by atoms with E-state index in [1.807, 2.05) is 12.1 Å². The minimum absolute atomic E-state index is 0.213. The molecular formula is C16H23NO3. The van der Waals surface area contributed by atoms with Crippen LogP contribution in [0.3, 0.4) is 0 Å². The Bertz CT molecular complexity index is 444. The third-order valence-electron chi connectivity index (χ3n) is 3.96. The normalized spacial score (nSPS) is 23.5. The van der Waals surface area contributed by atoms with Gasteiger partial charge in [-0.1, -0.05) is 19.1 Å². The number of methoxy groups -OCH3 is 1. The maximum absolute atomic E-state index is 11.1. The Hall–Kier alpha value is -1.55. The molecular weight excluding hydrogens is 254 g/mol. The van der Waals surface area contributed by atoms with Crippen LogP contribution >= 0.6 is 0 Å². The van der Waals surface area contributed by atoms with Crippen molar-refractivity contribution in [2.24, 2.45) is 11.8 Å². The van der Waals surface area contributed by atoms with E-state index in [1.165, 1.54) is 5.56 Å². The van der Waals surface area contributed by atoms with E-state index in [9.17, 15) is 9.90 Å². The second-order valence-electron chi connectivity index (χ2n) is 5.73. The standard InChI is InChI=1S/C16H23NO3/c1-12-9-14(16(18)19)11-17(10-12)8-7-13-3-5-15(20-2)6-4-13/h3-6,12,14H,7-11H2,1-2H3,(H,18,19). The molecule has 1 aliphatic heterocycles. The van der Waals surface area contributed by atoms with Gasteiger partial charge in [0.05, 0.1) is 13.0 Å². The Balaban J connectivity index is 1.87. The van der Waals surface area contributed by atoms with Crippen molar-refractivity contribution in [2.75, 3.05) is 26.7 Å². The average Bonchev–Trinajstić information content (AvgIpc) is 2.45. The molecule has 0 amide bonds. The Labute approximate surface area is 120 Å². The molecule has 0 spiro atoms. The monoisotopic (exact) mass is 277 g/mol. The summed E-state index contributed by atoms with van der Waals surface area (Å²) in [7, 11) is 1.66. The van der Waals surface area contributed by atoms with Gasteiger partial charge in [-0.2, -0.15) is 0 Å². The number of hydrogen-bond donors (Lipinski definition) is 1. The first-order chi connectivity index (χ1) is 9.58. The van der Waals surface area contributed by atoms with Crippen LogP contribution in [0.1, 0.15) is 18.9 Å². The fourth-order valence-corrected chi connectivity index (χ4v) is 2.90. The quantitative estimate of drug-likeness (QED) is 0.897. The van der Waals surface area contributed by atoms with Crippen LogP contribution in [0.2, 0.25) is 0 Å². The molecule has 1 aromatic rings. The Morgan fingerprint density at radius 2 is 2.05 bits per heavy atom. The van der Waals surface area contributed by atoms with Crippen molar-refractivity contribution in [3.05, 3.63) is 29.8 Å². The van der Waals surface area contributed by atoms with Gasteiger partial charge in [-0.05, 0) is 36.5 Å². The molecule has 110 valence electrons. The molecule has 0 aromatic heterocycles. The van der Waals surface area contributed by atoms with E-state index in [0.717, 1.165) is 31.7 Å². The molecule has 2 unspecified atom stereocenters. The van der Waals surface area contributed by atoms with E-state index < -0.39 is 5.97 Å². The largest absolute Gasteiger partial charge is 0.497 e. The molecule has 2 atom stereocenters. The number of piperidine rings is 1. The molecule has 1 aromatic carbocycles. The number of likely N-dealkylation sites (tertiary alicyclic amines) is 1. The number of rotatable bonds is 5. The lowest BCUT2D eigenvalue weighted by Gasteiger charge is -2.34. The molecule has 2 rings (SSSR count). The van der Waals surface area contributed by atoms with Gasteiger partial charge in [-0.25, -0.2) is 0 Å². The molecule has 0 aliphatic carbocycles. The van der Waals surface area contributed by atoms with Gasteiger partial charge in [-0.3, -0.25) is 4.79 Å². The maximum Gasteiger partial charge on any atom is 0.307 e. The summed E-state index contributed by atoms with van der Waals surface area (Å²) in [6, 6.07) is 8.07. The highest BCUT2D eigenvalue weighted by atomic mass is 16.5. The third-order valence-corrected chi connectivity index (χ3v) is 3.96. The Morgan fingerprint density at radius 1 is 1.35 bits per heavy atom. The number of benzene rings is 1. The number of ether oxygens (including phenoxy) is 1. The van der Waals surface area contributed by atoms with Gasteiger partial charge in [0.15, 0.2) is 0 Å². The van der Waals surface area contributed by atoms with Crippen molar-refractivity contribution in [3.63, 3.8) is 0 Å². The number of carboxylic acids is 1. The lowest BCUT2D eigenvalue weighted by Crippen LogP contribution is -2.43. The molecule has 1 heterocycles. The summed E-state index contributed by atoms with van der Waals surface area (Å²) >= 11 is 0. The Kier molecular flexibility index (Phi) is 5.01. The molecule has 4 nitrogen and oxygen atoms in total. The van der Waals surface area contributed by atoms with Crippen LogP contribution < -0.4 is 4.74 Å². The fraction of sp³-hybridized carbons (Fsp3) is 0.562. The lowest BCUT2D eigenvalue weighted by atomic mass is 9.90. The number of carboxylic acid groups (broad SMARTS) is 1. The predicted octanol–water partition coefficient (Wildman–Crippen LogP) is 2.28. The van der Waals surface area contributed by atoms with Crippen LogP contribution in [0, 0.1) is 11.8 Å². The lowest BCUT2D eigenvalue weighted by molar-refractivity contribution is -0.144. The highest BCUT2D eigenvalue weighted by molar-refractivity contribution is 5.70. The molecule has 1 saturated heterocycles. The zero-order valence-corrected chi connectivity index (χ0v) is 12.2. The van der Waals surface area contributed by atoms with Crippen LogP contribution in [0.15, 0.2) is 24.3 Å². The molecule has 1 aliphatic rings. The summed E-state index contributed by atoms with van der Waals surface area (Å²) in [5.74, 6) is 0.451. The summed E-state index contributed by atoms with van der Waals surface area (Å²) in [4.78, 5) is 13.4. The topological polar surface area (TPSA) is 49.8 Å². The second kappa shape index (κ2) is 6.75. The van der Waals surface area contributed by atoms with Crippen molar-refractivity contribution in [3.8, 4) is 5.75 Å². The van der Waals surface area contributed by atoms with Gasteiger partial charge in [0, 0.05) is 19.6 Å². The first-order valence-electron chi connectivity index (χ1n) is 7.16. The number of hydrogen-bond acceptors (Lipinski definition) is 3. The van der Waals surface area contributed by atoms with Crippen LogP contribution in [-0.2, 0) is 11.2 Å². The summed E-state index contributed by atoms with van der Waals surface area (Å²) in [5, 5.41) is 9.18. The van der Waals surface area contributed by atoms with Crippen molar-refractivity contribution in [1.29, 1.82) is 0 Å². The summed E-state index contributed by atoms with van der Waals surface area (Å²) in [5.41, 5.74) is 1.26. The second-order valence-corrected chi connectivity index (χ2v) is 5.73. The average molecular weight is 277 g/mol. The van der Waals surface area contributed by atoms with Gasteiger partial charge in [0.2, 0.25) is 0 Å². The number of carbonyl (C=O) groups is 1. The molecule has 0 saturated carbocycles. The van der Waals surface area contributed by atoms with Crippen molar-refractivity contribution >= 4 is 5.97 Å². The third kappa shape index (κ3) is 3.97. The minimum atomic E-state index is -0.661. The van der Waals surface area contributed by atoms with Crippen molar-refractivity contribution in [1.82, 2.24) is 4.90 Å². The molecule has 0 radical (unpaired) electrons. The van der Waals surface area contributed by atoms with Gasteiger partial charge in [0.25, 0.3) is 0 Å². The van der Waals surface area contributed by atoms with E-state index in [0.29, 0.717) is 12.5 Å². The summed E-state index contributed by atoms with van der Waals surface area (Å²) < 4.78 is 5.14. The van der Waals surface area contributed by atoms with Crippen LogP contribution in [0.5, 0.6) is 5.75 Å². The number of aliphatic carboxylic acids is 1. The highest BCUT2D eigenvalue weighted by Gasteiger charge is 2.28. The van der Waals surface area contributed by atoms with E-state index in [2.05, 4.69) is 24.0 Å². The molecule has 20 heavy (non-hydrogen) atoms.